The highest BCUT2D eigenvalue weighted by molar-refractivity contribution is 6.30. The number of hydrogen-bond acceptors (Lipinski definition) is 15. The van der Waals surface area contributed by atoms with Gasteiger partial charge >= 0.3 is 0 Å². The molecule has 51 heavy (non-hydrogen) atoms. The second-order valence-electron chi connectivity index (χ2n) is 13.1. The molecule has 6 rings (SSSR count). The third-order valence-corrected chi connectivity index (χ3v) is 10.5. The number of phenolic OH excluding ortho intramolecular Hbond substituents is 2. The molecule has 3 aliphatic carbocycles. The molecule has 1 fully saturated rings. The predicted molar refractivity (Wildman–Crippen MR) is 173 cm³/mol. The summed E-state index contributed by atoms with van der Waals surface area (Å²) in [5.41, 5.74) is -8.98. The number of aromatic hydroxyl groups is 2. The van der Waals surface area contributed by atoms with Crippen molar-refractivity contribution < 1.29 is 68.5 Å². The number of ether oxygens (including phenoxy) is 4. The van der Waals surface area contributed by atoms with Crippen LogP contribution < -0.4 is 10.6 Å². The fraction of sp³-hybridized carbons (Fsp3) is 0.457. The summed E-state index contributed by atoms with van der Waals surface area (Å²) >= 11 is 0. The molecule has 0 saturated carbocycles. The van der Waals surface area contributed by atoms with E-state index in [0.717, 1.165) is 19.3 Å². The van der Waals surface area contributed by atoms with E-state index in [2.05, 4.69) is 10.6 Å². The SMILES string of the molecule is CNC(=O)Cc1c(C)cc2c(c1O)[C@]1(O)C(=O)c3cc4c(c(O)c3C(=O)[C@]1(OC)[C@H](O)C2)C(=O)C=C(NC1O[C@@H](C)[C@H](OC)[C@@H](O)[C@H]1OC)C4=O. The zero-order valence-corrected chi connectivity index (χ0v) is 28.5. The van der Waals surface area contributed by atoms with E-state index in [1.54, 1.807) is 13.8 Å². The summed E-state index contributed by atoms with van der Waals surface area (Å²) in [6.45, 7) is 3.20. The fourth-order valence-electron chi connectivity index (χ4n) is 8.00. The van der Waals surface area contributed by atoms with Gasteiger partial charge in [0, 0.05) is 63.1 Å². The number of rotatable bonds is 7. The van der Waals surface area contributed by atoms with Crippen molar-refractivity contribution in [2.45, 2.75) is 74.6 Å². The number of likely N-dealkylation sites (N-methyl/N-ethyl adjacent to an activating group) is 1. The molecule has 1 heterocycles. The number of allylic oxidation sites excluding steroid dienone is 2. The standard InChI is InChI=1S/C35H38N2O14/c1-12-7-14-8-20(39)35(50-6)32(46)23-17(31(45)34(35,47)24(14)26(42)15(12)10-21(40)36-3)9-16-22(27(23)43)19(38)11-18(25(16)41)37-33-30(49-5)28(44)29(48-4)13(2)51-33/h7,9,11,13,20,28-30,33,37,39,42-44,47H,8,10H2,1-6H3,(H,36,40)/t13-,20+,28+,29-,30+,33?,34-,35+/m0/s1. The van der Waals surface area contributed by atoms with Crippen LogP contribution >= 0.6 is 0 Å². The number of hydrogen-bond donors (Lipinski definition) is 7. The Morgan fingerprint density at radius 3 is 2.25 bits per heavy atom. The highest BCUT2D eigenvalue weighted by atomic mass is 16.6. The third-order valence-electron chi connectivity index (χ3n) is 10.5. The summed E-state index contributed by atoms with van der Waals surface area (Å²) in [4.78, 5) is 69.0. The van der Waals surface area contributed by atoms with Gasteiger partial charge in [0.1, 0.15) is 29.8 Å². The van der Waals surface area contributed by atoms with Crippen LogP contribution in [0.2, 0.25) is 0 Å². The van der Waals surface area contributed by atoms with Crippen LogP contribution in [-0.2, 0) is 42.2 Å². The van der Waals surface area contributed by atoms with E-state index >= 15 is 0 Å². The molecule has 1 aliphatic heterocycles. The molecule has 0 radical (unpaired) electrons. The topological polar surface area (TPSA) is 247 Å². The van der Waals surface area contributed by atoms with Crippen LogP contribution in [0.5, 0.6) is 11.5 Å². The average molecular weight is 711 g/mol. The molecule has 4 aliphatic rings. The Bertz CT molecular complexity index is 1940. The van der Waals surface area contributed by atoms with E-state index < -0.39 is 123 Å². The number of carbonyl (C=O) groups is 5. The van der Waals surface area contributed by atoms with E-state index in [-0.39, 0.29) is 23.2 Å². The summed E-state index contributed by atoms with van der Waals surface area (Å²) in [5, 5.41) is 63.1. The van der Waals surface area contributed by atoms with Crippen LogP contribution in [0, 0.1) is 6.92 Å². The smallest absolute Gasteiger partial charge is 0.224 e. The minimum atomic E-state index is -3.15. The quantitative estimate of drug-likeness (QED) is 0.187. The number of benzene rings is 2. The lowest BCUT2D eigenvalue weighted by atomic mass is 9.56. The number of aliphatic hydroxyl groups excluding tert-OH is 2. The molecule has 2 aromatic carbocycles. The van der Waals surface area contributed by atoms with Crippen LogP contribution in [0.15, 0.2) is 23.9 Å². The Kier molecular flexibility index (Phi) is 8.95. The van der Waals surface area contributed by atoms with Crippen LogP contribution in [-0.4, -0.2) is 125 Å². The van der Waals surface area contributed by atoms with Gasteiger partial charge in [-0.2, -0.15) is 0 Å². The summed E-state index contributed by atoms with van der Waals surface area (Å²) < 4.78 is 22.1. The average Bonchev–Trinajstić information content (AvgIpc) is 3.07. The molecule has 8 atom stereocenters. The van der Waals surface area contributed by atoms with Crippen molar-refractivity contribution in [3.05, 3.63) is 68.4 Å². The molecule has 16 nitrogen and oxygen atoms in total. The molecular formula is C35H38N2O14. The van der Waals surface area contributed by atoms with Crippen LogP contribution in [0.1, 0.15) is 70.6 Å². The third kappa shape index (κ3) is 4.82. The number of phenols is 2. The summed E-state index contributed by atoms with van der Waals surface area (Å²) in [6, 6.07) is 2.34. The van der Waals surface area contributed by atoms with Crippen molar-refractivity contribution in [2.24, 2.45) is 0 Å². The lowest BCUT2D eigenvalue weighted by Crippen LogP contribution is -2.73. The van der Waals surface area contributed by atoms with Gasteiger partial charge in [-0.3, -0.25) is 24.0 Å². The van der Waals surface area contributed by atoms with Gasteiger partial charge in [0.15, 0.2) is 23.2 Å². The number of aliphatic hydroxyl groups is 3. The van der Waals surface area contributed by atoms with Gasteiger partial charge < -0.3 is 55.1 Å². The summed E-state index contributed by atoms with van der Waals surface area (Å²) in [5.74, 6) is -6.78. The van der Waals surface area contributed by atoms with E-state index in [1.165, 1.54) is 27.3 Å². The van der Waals surface area contributed by atoms with Crippen LogP contribution in [0.3, 0.4) is 0 Å². The van der Waals surface area contributed by atoms with Gasteiger partial charge in [0.05, 0.1) is 35.5 Å². The van der Waals surface area contributed by atoms with Crippen molar-refractivity contribution in [1.82, 2.24) is 10.6 Å². The van der Waals surface area contributed by atoms with E-state index in [1.807, 2.05) is 0 Å². The molecule has 1 saturated heterocycles. The van der Waals surface area contributed by atoms with Crippen LogP contribution in [0.25, 0.3) is 0 Å². The largest absolute Gasteiger partial charge is 0.507 e. The maximum absolute atomic E-state index is 14.7. The lowest BCUT2D eigenvalue weighted by Gasteiger charge is -2.53. The zero-order valence-electron chi connectivity index (χ0n) is 28.5. The molecule has 1 amide bonds. The Hall–Kier alpha value is -4.55. The Balaban J connectivity index is 1.50. The molecule has 2 aromatic rings. The van der Waals surface area contributed by atoms with Crippen molar-refractivity contribution in [3.8, 4) is 11.5 Å². The first kappa shape index (κ1) is 36.2. The van der Waals surface area contributed by atoms with Gasteiger partial charge in [-0.1, -0.05) is 6.07 Å². The first-order chi connectivity index (χ1) is 24.0. The summed E-state index contributed by atoms with van der Waals surface area (Å²) in [7, 11) is 5.00. The summed E-state index contributed by atoms with van der Waals surface area (Å²) in [6.07, 6.45) is -6.78. The molecule has 0 aromatic heterocycles. The second-order valence-corrected chi connectivity index (χ2v) is 13.1. The van der Waals surface area contributed by atoms with Gasteiger partial charge in [0.25, 0.3) is 0 Å². The van der Waals surface area contributed by atoms with Gasteiger partial charge in [0.2, 0.25) is 23.3 Å². The number of fused-ring (bicyclic) bond motifs is 5. The second kappa shape index (κ2) is 12.6. The fourth-order valence-corrected chi connectivity index (χ4v) is 8.00. The highest BCUT2D eigenvalue weighted by Crippen LogP contribution is 2.56. The number of ketones is 4. The Morgan fingerprint density at radius 1 is 0.980 bits per heavy atom. The van der Waals surface area contributed by atoms with E-state index in [9.17, 15) is 49.5 Å². The van der Waals surface area contributed by atoms with Crippen molar-refractivity contribution in [1.29, 1.82) is 0 Å². The minimum Gasteiger partial charge on any atom is -0.507 e. The molecule has 272 valence electrons. The minimum absolute atomic E-state index is 0.0273. The molecule has 0 bridgehead atoms. The van der Waals surface area contributed by atoms with E-state index in [4.69, 9.17) is 18.9 Å². The molecule has 16 heteroatoms. The maximum atomic E-state index is 14.7. The Labute approximate surface area is 291 Å². The number of aryl methyl sites for hydroxylation is 1. The van der Waals surface area contributed by atoms with Gasteiger partial charge in [-0.25, -0.2) is 0 Å². The van der Waals surface area contributed by atoms with Crippen LogP contribution in [0.4, 0.5) is 0 Å². The lowest BCUT2D eigenvalue weighted by molar-refractivity contribution is -0.236. The molecule has 0 spiro atoms. The normalized spacial score (nSPS) is 31.3. The predicted octanol–water partition coefficient (Wildman–Crippen LogP) is -0.748. The zero-order chi connectivity index (χ0) is 37.5. The Morgan fingerprint density at radius 2 is 1.65 bits per heavy atom. The number of Topliss-reactive ketones (excluding diaryl/α,β-unsaturated/α-hetero) is 3. The molecule has 7 N–H and O–H groups in total. The monoisotopic (exact) mass is 710 g/mol. The molecular weight excluding hydrogens is 672 g/mol. The van der Waals surface area contributed by atoms with Crippen molar-refractivity contribution in [3.63, 3.8) is 0 Å². The van der Waals surface area contributed by atoms with Crippen molar-refractivity contribution >= 4 is 29.0 Å². The number of amides is 1. The molecule has 1 unspecified atom stereocenters. The van der Waals surface area contributed by atoms with Crippen molar-refractivity contribution in [2.75, 3.05) is 28.4 Å². The number of carbonyl (C=O) groups excluding carboxylic acids is 5. The van der Waals surface area contributed by atoms with Gasteiger partial charge in [-0.15, -0.1) is 0 Å². The van der Waals surface area contributed by atoms with E-state index in [0.29, 0.717) is 5.56 Å². The number of methoxy groups -OCH3 is 3. The maximum Gasteiger partial charge on any atom is 0.224 e. The first-order valence-electron chi connectivity index (χ1n) is 16.0. The first-order valence-corrected chi connectivity index (χ1v) is 16.0. The highest BCUT2D eigenvalue weighted by Gasteiger charge is 2.72. The number of nitrogens with one attached hydrogen (secondary N) is 2. The van der Waals surface area contributed by atoms with Gasteiger partial charge in [-0.05, 0) is 31.0 Å².